The van der Waals surface area contributed by atoms with E-state index in [9.17, 15) is 19.8 Å². The van der Waals surface area contributed by atoms with E-state index in [1.165, 1.54) is 25.3 Å². The molecule has 1 aliphatic carbocycles. The smallest absolute Gasteiger partial charge is 0.315 e. The summed E-state index contributed by atoms with van der Waals surface area (Å²) in [4.78, 5) is 22.4. The fourth-order valence-corrected chi connectivity index (χ4v) is 2.10. The quantitative estimate of drug-likeness (QED) is 0.820. The maximum absolute atomic E-state index is 11.3. The number of hydrogen-bond acceptors (Lipinski definition) is 4. The van der Waals surface area contributed by atoms with Crippen LogP contribution in [0.15, 0.2) is 18.2 Å². The predicted octanol–water partition coefficient (Wildman–Crippen LogP) is 1.09. The van der Waals surface area contributed by atoms with Gasteiger partial charge in [0.15, 0.2) is 0 Å². The number of ether oxygens (including phenoxy) is 1. The maximum Gasteiger partial charge on any atom is 0.315 e. The number of methoxy groups -OCH3 is 1. The molecule has 1 aliphatic rings. The van der Waals surface area contributed by atoms with E-state index in [0.717, 1.165) is 0 Å². The van der Waals surface area contributed by atoms with Gasteiger partial charge in [-0.25, -0.2) is 0 Å². The number of rotatable bonds is 3. The van der Waals surface area contributed by atoms with Crippen LogP contribution in [0.2, 0.25) is 0 Å². The van der Waals surface area contributed by atoms with Crippen LogP contribution >= 0.6 is 0 Å². The van der Waals surface area contributed by atoms with Crippen molar-refractivity contribution in [2.75, 3.05) is 7.11 Å². The molecule has 90 valence electrons. The highest BCUT2D eigenvalue weighted by Crippen LogP contribution is 2.46. The predicted molar refractivity (Wildman–Crippen MR) is 58.2 cm³/mol. The van der Waals surface area contributed by atoms with Crippen LogP contribution in [0.1, 0.15) is 18.4 Å². The average molecular weight is 236 g/mol. The van der Waals surface area contributed by atoms with Crippen LogP contribution in [0.5, 0.6) is 11.5 Å². The highest BCUT2D eigenvalue weighted by molar-refractivity contribution is 6.01. The molecule has 17 heavy (non-hydrogen) atoms. The molecule has 0 aromatic heterocycles. The van der Waals surface area contributed by atoms with Gasteiger partial charge in [-0.1, -0.05) is 0 Å². The lowest BCUT2D eigenvalue weighted by atomic mass is 9.63. The number of aliphatic carboxylic acids is 1. The van der Waals surface area contributed by atoms with Crippen molar-refractivity contribution in [2.24, 2.45) is 0 Å². The molecular weight excluding hydrogens is 224 g/mol. The Bertz CT molecular complexity index is 484. The summed E-state index contributed by atoms with van der Waals surface area (Å²) in [5, 5.41) is 19.0. The van der Waals surface area contributed by atoms with Crippen molar-refractivity contribution >= 4 is 11.8 Å². The van der Waals surface area contributed by atoms with Crippen LogP contribution in [0, 0.1) is 0 Å². The summed E-state index contributed by atoms with van der Waals surface area (Å²) in [7, 11) is 1.45. The second-order valence-electron chi connectivity index (χ2n) is 4.16. The van der Waals surface area contributed by atoms with Crippen molar-refractivity contribution < 1.29 is 24.5 Å². The van der Waals surface area contributed by atoms with Crippen LogP contribution in [0.25, 0.3) is 0 Å². The molecule has 1 aromatic carbocycles. The van der Waals surface area contributed by atoms with Crippen LogP contribution in [0.3, 0.4) is 0 Å². The van der Waals surface area contributed by atoms with Gasteiger partial charge in [0.05, 0.1) is 7.11 Å². The molecule has 0 amide bonds. The van der Waals surface area contributed by atoms with Gasteiger partial charge in [-0.3, -0.25) is 9.59 Å². The summed E-state index contributed by atoms with van der Waals surface area (Å²) in [6.45, 7) is 0. The molecule has 1 saturated carbocycles. The van der Waals surface area contributed by atoms with Gasteiger partial charge in [-0.2, -0.15) is 0 Å². The number of phenolic OH excluding ortho intramolecular Hbond substituents is 1. The van der Waals surface area contributed by atoms with Gasteiger partial charge in [0, 0.05) is 18.4 Å². The van der Waals surface area contributed by atoms with Gasteiger partial charge in [-0.15, -0.1) is 0 Å². The van der Waals surface area contributed by atoms with Crippen LogP contribution in [-0.2, 0) is 15.0 Å². The third kappa shape index (κ3) is 1.63. The summed E-state index contributed by atoms with van der Waals surface area (Å²) in [5.41, 5.74) is -1.06. The number of carboxylic acids is 1. The fraction of sp³-hybridized carbons (Fsp3) is 0.333. The molecule has 1 aromatic rings. The Labute approximate surface area is 97.6 Å². The number of phenols is 1. The normalized spacial score (nSPS) is 17.4. The SMILES string of the molecule is COc1ccc(O)c(C2(C(=O)O)CC(=O)C2)c1. The Morgan fingerprint density at radius 3 is 2.53 bits per heavy atom. The third-order valence-electron chi connectivity index (χ3n) is 3.13. The van der Waals surface area contributed by atoms with E-state index in [4.69, 9.17) is 4.74 Å². The maximum atomic E-state index is 11.3. The van der Waals surface area contributed by atoms with Crippen molar-refractivity contribution in [3.8, 4) is 11.5 Å². The highest BCUT2D eigenvalue weighted by Gasteiger charge is 2.53. The zero-order chi connectivity index (χ0) is 12.6. The number of benzene rings is 1. The molecule has 0 spiro atoms. The minimum atomic E-state index is -1.30. The fourth-order valence-electron chi connectivity index (χ4n) is 2.10. The minimum absolute atomic E-state index is 0.0803. The Morgan fingerprint density at radius 2 is 2.06 bits per heavy atom. The topological polar surface area (TPSA) is 83.8 Å². The van der Waals surface area contributed by atoms with Gasteiger partial charge >= 0.3 is 5.97 Å². The molecule has 5 heteroatoms. The second-order valence-corrected chi connectivity index (χ2v) is 4.16. The first-order chi connectivity index (χ1) is 7.99. The zero-order valence-corrected chi connectivity index (χ0v) is 9.27. The zero-order valence-electron chi connectivity index (χ0n) is 9.27. The lowest BCUT2D eigenvalue weighted by Crippen LogP contribution is -2.48. The molecule has 0 saturated heterocycles. The largest absolute Gasteiger partial charge is 0.508 e. The molecule has 0 bridgehead atoms. The summed E-state index contributed by atoms with van der Waals surface area (Å²) >= 11 is 0. The Hall–Kier alpha value is -2.04. The molecule has 0 unspecified atom stereocenters. The Balaban J connectivity index is 2.50. The Kier molecular flexibility index (Phi) is 2.53. The molecular formula is C12H12O5. The van der Waals surface area contributed by atoms with Crippen molar-refractivity contribution in [3.05, 3.63) is 23.8 Å². The first-order valence-corrected chi connectivity index (χ1v) is 5.12. The van der Waals surface area contributed by atoms with Crippen molar-refractivity contribution in [3.63, 3.8) is 0 Å². The molecule has 2 N–H and O–H groups in total. The highest BCUT2D eigenvalue weighted by atomic mass is 16.5. The molecule has 0 atom stereocenters. The lowest BCUT2D eigenvalue weighted by Gasteiger charge is -2.36. The Morgan fingerprint density at radius 1 is 1.41 bits per heavy atom. The van der Waals surface area contributed by atoms with E-state index < -0.39 is 11.4 Å². The molecule has 1 fully saturated rings. The monoisotopic (exact) mass is 236 g/mol. The van der Waals surface area contributed by atoms with Crippen LogP contribution < -0.4 is 4.74 Å². The first-order valence-electron chi connectivity index (χ1n) is 5.12. The van der Waals surface area contributed by atoms with Gasteiger partial charge in [0.2, 0.25) is 0 Å². The second kappa shape index (κ2) is 3.76. The van der Waals surface area contributed by atoms with Gasteiger partial charge in [0.1, 0.15) is 22.7 Å². The number of carbonyl (C=O) groups is 2. The molecule has 0 radical (unpaired) electrons. The van der Waals surface area contributed by atoms with E-state index in [0.29, 0.717) is 5.75 Å². The van der Waals surface area contributed by atoms with E-state index in [-0.39, 0.29) is 29.9 Å². The number of ketones is 1. The summed E-state index contributed by atoms with van der Waals surface area (Å²) in [6.07, 6.45) is -0.161. The van der Waals surface area contributed by atoms with E-state index >= 15 is 0 Å². The summed E-state index contributed by atoms with van der Waals surface area (Å²) in [6, 6.07) is 4.38. The van der Waals surface area contributed by atoms with E-state index in [1.807, 2.05) is 0 Å². The standard InChI is InChI=1S/C12H12O5/c1-17-8-2-3-10(14)9(4-8)12(11(15)16)5-7(13)6-12/h2-4,14H,5-6H2,1H3,(H,15,16). The molecule has 2 rings (SSSR count). The van der Waals surface area contributed by atoms with E-state index in [1.54, 1.807) is 0 Å². The lowest BCUT2D eigenvalue weighted by molar-refractivity contribution is -0.153. The molecule has 0 aliphatic heterocycles. The van der Waals surface area contributed by atoms with Crippen molar-refractivity contribution in [1.82, 2.24) is 0 Å². The average Bonchev–Trinajstić information content (AvgIpc) is 2.25. The van der Waals surface area contributed by atoms with Gasteiger partial charge < -0.3 is 14.9 Å². The third-order valence-corrected chi connectivity index (χ3v) is 3.13. The molecule has 5 nitrogen and oxygen atoms in total. The van der Waals surface area contributed by atoms with Crippen LogP contribution in [0.4, 0.5) is 0 Å². The summed E-state index contributed by atoms with van der Waals surface area (Å²) in [5.74, 6) is -0.881. The number of aromatic hydroxyl groups is 1. The summed E-state index contributed by atoms with van der Waals surface area (Å²) < 4.78 is 4.99. The van der Waals surface area contributed by atoms with Crippen molar-refractivity contribution in [1.29, 1.82) is 0 Å². The number of carboxylic acid groups (broad SMARTS) is 1. The number of Topliss-reactive ketones (excluding diaryl/α,β-unsaturated/α-hetero) is 1. The molecule has 0 heterocycles. The van der Waals surface area contributed by atoms with Crippen LogP contribution in [-0.4, -0.2) is 29.1 Å². The first kappa shape index (κ1) is 11.4. The van der Waals surface area contributed by atoms with E-state index in [2.05, 4.69) is 0 Å². The van der Waals surface area contributed by atoms with Gasteiger partial charge in [-0.05, 0) is 18.2 Å². The number of carbonyl (C=O) groups excluding carboxylic acids is 1. The van der Waals surface area contributed by atoms with Gasteiger partial charge in [0.25, 0.3) is 0 Å². The minimum Gasteiger partial charge on any atom is -0.508 e. The number of hydrogen-bond donors (Lipinski definition) is 2. The van der Waals surface area contributed by atoms with Crippen molar-refractivity contribution in [2.45, 2.75) is 18.3 Å².